The zero-order valence-electron chi connectivity index (χ0n) is 47.8. The number of nitro groups is 1. The number of halogens is 3. The van der Waals surface area contributed by atoms with E-state index in [0.29, 0.717) is 28.7 Å². The van der Waals surface area contributed by atoms with Crippen molar-refractivity contribution in [3.63, 3.8) is 0 Å². The third-order valence-corrected chi connectivity index (χ3v) is 14.2. The molecule has 20 heteroatoms. The summed E-state index contributed by atoms with van der Waals surface area (Å²) in [6.45, 7) is 34.9. The smallest absolute Gasteiger partial charge is 0.338 e. The minimum Gasteiger partial charge on any atom is -0.488 e. The monoisotopic (exact) mass is 1540 g/mol. The number of esters is 1. The van der Waals surface area contributed by atoms with Crippen LogP contribution in [0, 0.1) is 57.7 Å². The summed E-state index contributed by atoms with van der Waals surface area (Å²) in [7, 11) is 4.61. The third kappa shape index (κ3) is 17.5. The van der Waals surface area contributed by atoms with Gasteiger partial charge in [0, 0.05) is 93.8 Å². The van der Waals surface area contributed by atoms with E-state index in [2.05, 4.69) is 115 Å². The van der Waals surface area contributed by atoms with Crippen molar-refractivity contribution in [1.82, 2.24) is 0 Å². The van der Waals surface area contributed by atoms with Gasteiger partial charge in [-0.3, -0.25) is 10.1 Å². The van der Waals surface area contributed by atoms with Gasteiger partial charge in [-0.05, 0) is 196 Å². The van der Waals surface area contributed by atoms with Crippen LogP contribution in [0.1, 0.15) is 207 Å². The number of hydrogen-bond acceptors (Lipinski definition) is 11. The van der Waals surface area contributed by atoms with Gasteiger partial charge in [0.2, 0.25) is 5.75 Å². The first kappa shape index (κ1) is 70.6. The Morgan fingerprint density at radius 1 is 0.538 bits per heavy atom. The number of benzene rings is 4. The van der Waals surface area contributed by atoms with Gasteiger partial charge in [-0.25, -0.2) is 19.2 Å². The van der Waals surface area contributed by atoms with E-state index in [1.54, 1.807) is 83.0 Å². The van der Waals surface area contributed by atoms with Crippen LogP contribution >= 0.6 is 53.0 Å². The molecule has 1 radical (unpaired) electrons. The molecule has 78 heavy (non-hydrogen) atoms. The fourth-order valence-electron chi connectivity index (χ4n) is 11.5. The van der Waals surface area contributed by atoms with Crippen LogP contribution in [0.5, 0.6) is 23.0 Å². The number of hydrogen-bond donors (Lipinski definition) is 3. The third-order valence-electron chi connectivity index (χ3n) is 13.4. The van der Waals surface area contributed by atoms with Crippen molar-refractivity contribution in [3.8, 4) is 23.0 Å². The average Bonchev–Trinajstić information content (AvgIpc) is 3.25. The van der Waals surface area contributed by atoms with E-state index in [9.17, 15) is 29.3 Å². The summed E-state index contributed by atoms with van der Waals surface area (Å²) in [4.78, 5) is 55.9. The standard InChI is InChI=1S/C16H21NO5.C14H17IO3.2C14H18O3.Ac.ClI.H2O/c1-6-21-14(18)10-7-11-13(12(8-10)17(19)20)22-16(4,5)9-15(11,2)3;1-13(2)7-14(3,4)18-11-9(13)5-8(12(16)17)6-10(11)15;2*1-13(2)8-14(3,4)17-11-6-5-9(12(15)16)7-10(11)13;;1-2;/h7-8H,6,9H2,1-5H3;5-6H,7H2,1-4H3,(H,16,17);2*5-7H,8H2,1-4H3,(H,15,16);;;1H2. The Labute approximate surface area is 525 Å². The van der Waals surface area contributed by atoms with Gasteiger partial charge in [0.15, 0.2) is 0 Å². The molecule has 0 spiro atoms. The van der Waals surface area contributed by atoms with Crippen molar-refractivity contribution in [2.24, 2.45) is 0 Å². The Kier molecular flexibility index (Phi) is 23.7. The minimum atomic E-state index is -0.895. The maximum absolute atomic E-state index is 12.0. The summed E-state index contributed by atoms with van der Waals surface area (Å²) in [6, 6.07) is 16.5. The molecular weight excluding hydrogens is 1470 g/mol. The van der Waals surface area contributed by atoms with Gasteiger partial charge in [0.1, 0.15) is 39.7 Å². The number of ether oxygens (including phenoxy) is 5. The first-order valence-electron chi connectivity index (χ1n) is 24.9. The molecule has 5 N–H and O–H groups in total. The molecule has 0 saturated carbocycles. The van der Waals surface area contributed by atoms with Gasteiger partial charge >= 0.3 is 29.6 Å². The van der Waals surface area contributed by atoms with E-state index in [0.717, 1.165) is 56.8 Å². The molecule has 4 aromatic rings. The first-order chi connectivity index (χ1) is 34.6. The van der Waals surface area contributed by atoms with Gasteiger partial charge in [-0.2, -0.15) is 0 Å². The maximum Gasteiger partial charge on any atom is 0.338 e. The van der Waals surface area contributed by atoms with Gasteiger partial charge < -0.3 is 44.5 Å². The average molecular weight is 1540 g/mol. The van der Waals surface area contributed by atoms with Crippen LogP contribution in [0.2, 0.25) is 0 Å². The van der Waals surface area contributed by atoms with E-state index in [1.807, 2.05) is 27.7 Å². The number of aromatic carboxylic acids is 3. The zero-order valence-corrected chi connectivity index (χ0v) is 57.6. The van der Waals surface area contributed by atoms with E-state index in [4.69, 9.17) is 39.0 Å². The number of carbonyl (C=O) groups excluding carboxylic acids is 1. The molecular formula is C58H76AcClI2NO15. The van der Waals surface area contributed by atoms with Crippen LogP contribution in [-0.4, -0.2) is 78.6 Å². The molecule has 0 saturated heterocycles. The molecule has 0 aromatic heterocycles. The molecule has 0 aliphatic carbocycles. The normalized spacial score (nSPS) is 18.6. The predicted octanol–water partition coefficient (Wildman–Crippen LogP) is 14.6. The molecule has 16 nitrogen and oxygen atoms in total. The summed E-state index contributed by atoms with van der Waals surface area (Å²) in [5, 5.41) is 38.6. The van der Waals surface area contributed by atoms with Crippen molar-refractivity contribution < 1.29 is 113 Å². The van der Waals surface area contributed by atoms with Crippen LogP contribution in [0.25, 0.3) is 0 Å². The second-order valence-corrected chi connectivity index (χ2v) is 25.9. The number of carboxylic acid groups (broad SMARTS) is 3. The Morgan fingerprint density at radius 3 is 1.22 bits per heavy atom. The molecule has 0 fully saturated rings. The summed E-state index contributed by atoms with van der Waals surface area (Å²) >= 11 is 3.77. The molecule has 427 valence electrons. The van der Waals surface area contributed by atoms with Crippen LogP contribution in [0.15, 0.2) is 60.7 Å². The zero-order chi connectivity index (χ0) is 58.1. The molecule has 4 aromatic carbocycles. The maximum atomic E-state index is 12.0. The fraction of sp³-hybridized carbons (Fsp3) is 0.517. The quantitative estimate of drug-likeness (QED) is 0.0703. The molecule has 0 unspecified atom stereocenters. The Hall–Kier alpha value is -3.49. The van der Waals surface area contributed by atoms with E-state index in [-0.39, 0.29) is 112 Å². The number of rotatable bonds is 6. The van der Waals surface area contributed by atoms with Crippen LogP contribution < -0.4 is 18.9 Å². The Bertz CT molecular complexity index is 2800. The van der Waals surface area contributed by atoms with Crippen molar-refractivity contribution in [2.75, 3.05) is 6.61 Å². The molecule has 4 heterocycles. The van der Waals surface area contributed by atoms with Crippen molar-refractivity contribution in [2.45, 2.75) is 187 Å². The first-order valence-corrected chi connectivity index (χ1v) is 28.7. The van der Waals surface area contributed by atoms with E-state index in [1.165, 1.54) is 6.07 Å². The number of carboxylic acids is 3. The minimum absolute atomic E-state index is 0. The van der Waals surface area contributed by atoms with Crippen molar-refractivity contribution in [1.29, 1.82) is 0 Å². The molecule has 4 aliphatic heterocycles. The Balaban J connectivity index is 0.000000350. The number of nitro benzene ring substituents is 1. The van der Waals surface area contributed by atoms with Gasteiger partial charge in [-0.15, -0.1) is 0 Å². The largest absolute Gasteiger partial charge is 0.488 e. The predicted molar refractivity (Wildman–Crippen MR) is 315 cm³/mol. The fourth-order valence-corrected chi connectivity index (χ4v) is 12.2. The van der Waals surface area contributed by atoms with E-state index < -0.39 is 34.4 Å². The van der Waals surface area contributed by atoms with E-state index >= 15 is 0 Å². The van der Waals surface area contributed by atoms with Crippen molar-refractivity contribution in [3.05, 3.63) is 119 Å². The second-order valence-electron chi connectivity index (χ2n) is 24.7. The van der Waals surface area contributed by atoms with Gasteiger partial charge in [-0.1, -0.05) is 55.4 Å². The number of fused-ring (bicyclic) bond motifs is 4. The number of nitrogens with zero attached hydrogens (tertiary/aromatic N) is 1. The molecule has 4 aliphatic rings. The Morgan fingerprint density at radius 2 is 0.859 bits per heavy atom. The molecule has 8 rings (SSSR count). The SMILES string of the molecule is CC1(C)CC(C)(C)c2cc(C(=O)O)cc(I)c2O1.CC1(C)CC(C)(C)c2cc(C(=O)O)ccc2O1.CC1(C)CC(C)(C)c2cc(C(=O)O)ccc2O1.CCOC(=O)c1cc([N+](=O)[O-])c2c(c1)C(C)(C)CC(C)(C)O2.ClI.O.[Ac]. The number of carbonyl (C=O) groups is 4. The van der Waals surface area contributed by atoms with Crippen molar-refractivity contribution >= 4 is 82.5 Å². The summed E-state index contributed by atoms with van der Waals surface area (Å²) in [5.41, 5.74) is 2.89. The van der Waals surface area contributed by atoms with Gasteiger partial charge in [0.25, 0.3) is 0 Å². The van der Waals surface area contributed by atoms with Crippen LogP contribution in [0.4, 0.5) is 5.69 Å². The molecule has 0 atom stereocenters. The molecule has 0 bridgehead atoms. The summed E-state index contributed by atoms with van der Waals surface area (Å²) in [6.07, 6.45) is 3.30. The second kappa shape index (κ2) is 26.2. The topological polar surface area (TPSA) is 250 Å². The van der Waals surface area contributed by atoms with Crippen LogP contribution in [0.3, 0.4) is 0 Å². The summed E-state index contributed by atoms with van der Waals surface area (Å²) in [5.74, 6) is -0.555. The summed E-state index contributed by atoms with van der Waals surface area (Å²) < 4.78 is 29.5. The van der Waals surface area contributed by atoms with Crippen LogP contribution in [-0.2, 0) is 26.4 Å². The van der Waals surface area contributed by atoms with Gasteiger partial charge in [0.05, 0.1) is 37.4 Å². The molecule has 0 amide bonds.